The summed E-state index contributed by atoms with van der Waals surface area (Å²) >= 11 is 6.09. The molecule has 32 heavy (non-hydrogen) atoms. The fourth-order valence-electron chi connectivity index (χ4n) is 2.69. The number of hydrogen-bond donors (Lipinski definition) is 3. The van der Waals surface area contributed by atoms with Crippen molar-refractivity contribution in [2.45, 2.75) is 11.8 Å². The molecule has 3 aromatic rings. The predicted octanol–water partition coefficient (Wildman–Crippen LogP) is 3.61. The van der Waals surface area contributed by atoms with Crippen molar-refractivity contribution < 1.29 is 22.7 Å². The number of sulfonamides is 1. The lowest BCUT2D eigenvalue weighted by molar-refractivity contribution is 0.0846. The molecule has 3 rings (SSSR count). The summed E-state index contributed by atoms with van der Waals surface area (Å²) < 4.78 is 33.4. The molecule has 0 aromatic heterocycles. The Morgan fingerprint density at radius 1 is 0.875 bits per heavy atom. The maximum absolute atomic E-state index is 12.8. The van der Waals surface area contributed by atoms with Gasteiger partial charge < -0.3 is 4.74 Å². The third kappa shape index (κ3) is 5.77. The summed E-state index contributed by atoms with van der Waals surface area (Å²) in [7, 11) is -4.09. The van der Waals surface area contributed by atoms with Gasteiger partial charge in [0.2, 0.25) is 0 Å². The van der Waals surface area contributed by atoms with Gasteiger partial charge in [0.25, 0.3) is 21.8 Å². The number of carbonyl (C=O) groups excluding carboxylic acids is 2. The summed E-state index contributed by atoms with van der Waals surface area (Å²) in [4.78, 5) is 24.2. The van der Waals surface area contributed by atoms with Gasteiger partial charge in [-0.1, -0.05) is 29.8 Å². The van der Waals surface area contributed by atoms with E-state index >= 15 is 0 Å². The number of carbonyl (C=O) groups is 2. The number of hydrogen-bond acceptors (Lipinski definition) is 5. The number of nitrogens with one attached hydrogen (secondary N) is 3. The molecule has 0 spiro atoms. The van der Waals surface area contributed by atoms with Crippen LogP contribution < -0.4 is 20.3 Å². The summed E-state index contributed by atoms with van der Waals surface area (Å²) in [5, 5.41) is -0.0618. The molecular formula is C22H20ClN3O5S. The van der Waals surface area contributed by atoms with Crippen molar-refractivity contribution in [2.75, 3.05) is 11.3 Å². The Bertz CT molecular complexity index is 1220. The molecule has 0 aliphatic heterocycles. The molecule has 0 aliphatic rings. The van der Waals surface area contributed by atoms with Gasteiger partial charge in [0, 0.05) is 16.8 Å². The number of ether oxygens (including phenoxy) is 1. The van der Waals surface area contributed by atoms with Crippen molar-refractivity contribution in [3.05, 3.63) is 88.9 Å². The zero-order valence-corrected chi connectivity index (χ0v) is 18.5. The minimum Gasteiger partial charge on any atom is -0.494 e. The molecule has 8 nitrogen and oxygen atoms in total. The molecule has 0 radical (unpaired) electrons. The average molecular weight is 474 g/mol. The van der Waals surface area contributed by atoms with Crippen LogP contribution in [-0.2, 0) is 10.0 Å². The first-order valence-electron chi connectivity index (χ1n) is 9.51. The quantitative estimate of drug-likeness (QED) is 0.453. The van der Waals surface area contributed by atoms with E-state index in [0.717, 1.165) is 6.07 Å². The minimum absolute atomic E-state index is 0.00479. The highest BCUT2D eigenvalue weighted by atomic mass is 35.5. The van der Waals surface area contributed by atoms with Gasteiger partial charge in [-0.15, -0.1) is 0 Å². The molecule has 0 bridgehead atoms. The van der Waals surface area contributed by atoms with Crippen LogP contribution in [-0.4, -0.2) is 26.8 Å². The monoisotopic (exact) mass is 473 g/mol. The van der Waals surface area contributed by atoms with Crippen LogP contribution in [0.3, 0.4) is 0 Å². The molecule has 3 N–H and O–H groups in total. The average Bonchev–Trinajstić information content (AvgIpc) is 2.79. The second-order valence-corrected chi connectivity index (χ2v) is 8.54. The standard InChI is InChI=1S/C22H20ClN3O5S/c1-2-31-18-11-9-17(10-12-18)26-32(29,30)20-14-16(8-13-19(20)23)22(28)25-24-21(27)15-6-4-3-5-7-15/h3-14,26H,2H2,1H3,(H,24,27)(H,25,28). The molecule has 10 heteroatoms. The Morgan fingerprint density at radius 3 is 2.12 bits per heavy atom. The smallest absolute Gasteiger partial charge is 0.269 e. The fraction of sp³-hybridized carbons (Fsp3) is 0.0909. The first-order chi connectivity index (χ1) is 15.3. The van der Waals surface area contributed by atoms with E-state index in [1.807, 2.05) is 6.92 Å². The van der Waals surface area contributed by atoms with Gasteiger partial charge in [-0.05, 0) is 61.5 Å². The van der Waals surface area contributed by atoms with Gasteiger partial charge in [0.1, 0.15) is 10.6 Å². The van der Waals surface area contributed by atoms with Gasteiger partial charge in [-0.25, -0.2) is 8.42 Å². The van der Waals surface area contributed by atoms with E-state index in [1.54, 1.807) is 54.6 Å². The Morgan fingerprint density at radius 2 is 1.50 bits per heavy atom. The van der Waals surface area contributed by atoms with Gasteiger partial charge in [-0.3, -0.25) is 25.2 Å². The van der Waals surface area contributed by atoms with Crippen LogP contribution >= 0.6 is 11.6 Å². The Kier molecular flexibility index (Phi) is 7.34. The summed E-state index contributed by atoms with van der Waals surface area (Å²) in [5.74, 6) is -0.619. The lowest BCUT2D eigenvalue weighted by Crippen LogP contribution is -2.41. The highest BCUT2D eigenvalue weighted by Crippen LogP contribution is 2.26. The second kappa shape index (κ2) is 10.2. The second-order valence-electron chi connectivity index (χ2n) is 6.48. The van der Waals surface area contributed by atoms with Crippen LogP contribution in [0.25, 0.3) is 0 Å². The summed E-state index contributed by atoms with van der Waals surface area (Å²) in [5.41, 5.74) is 5.18. The maximum atomic E-state index is 12.8. The van der Waals surface area contributed by atoms with Crippen LogP contribution in [0.4, 0.5) is 5.69 Å². The van der Waals surface area contributed by atoms with Crippen molar-refractivity contribution in [2.24, 2.45) is 0 Å². The third-order valence-corrected chi connectivity index (χ3v) is 6.09. The molecule has 0 saturated heterocycles. The molecule has 166 valence electrons. The third-order valence-electron chi connectivity index (χ3n) is 4.23. The maximum Gasteiger partial charge on any atom is 0.269 e. The van der Waals surface area contributed by atoms with E-state index in [1.165, 1.54) is 12.1 Å². The minimum atomic E-state index is -4.09. The summed E-state index contributed by atoms with van der Waals surface area (Å²) in [6, 6.07) is 18.4. The molecular weight excluding hydrogens is 454 g/mol. The number of rotatable bonds is 7. The molecule has 0 atom stereocenters. The van der Waals surface area contributed by atoms with E-state index in [9.17, 15) is 18.0 Å². The van der Waals surface area contributed by atoms with Gasteiger partial charge in [0.15, 0.2) is 0 Å². The molecule has 0 heterocycles. The number of halogens is 1. The van der Waals surface area contributed by atoms with Gasteiger partial charge in [0.05, 0.1) is 11.6 Å². The topological polar surface area (TPSA) is 114 Å². The molecule has 0 saturated carbocycles. The predicted molar refractivity (Wildman–Crippen MR) is 121 cm³/mol. The van der Waals surface area contributed by atoms with Crippen molar-refractivity contribution >= 4 is 39.1 Å². The van der Waals surface area contributed by atoms with Crippen LogP contribution in [0.2, 0.25) is 5.02 Å². The first-order valence-corrected chi connectivity index (χ1v) is 11.4. The van der Waals surface area contributed by atoms with Gasteiger partial charge in [-0.2, -0.15) is 0 Å². The molecule has 3 aromatic carbocycles. The SMILES string of the molecule is CCOc1ccc(NS(=O)(=O)c2cc(C(=O)NNC(=O)c3ccccc3)ccc2Cl)cc1. The Balaban J connectivity index is 1.73. The fourth-order valence-corrected chi connectivity index (χ4v) is 4.28. The highest BCUT2D eigenvalue weighted by Gasteiger charge is 2.21. The van der Waals surface area contributed by atoms with Crippen LogP contribution in [0.15, 0.2) is 77.7 Å². The van der Waals surface area contributed by atoms with E-state index in [4.69, 9.17) is 16.3 Å². The zero-order valence-electron chi connectivity index (χ0n) is 17.0. The van der Waals surface area contributed by atoms with E-state index in [2.05, 4.69) is 15.6 Å². The van der Waals surface area contributed by atoms with Crippen molar-refractivity contribution in [1.82, 2.24) is 10.9 Å². The van der Waals surface area contributed by atoms with Crippen LogP contribution in [0.5, 0.6) is 5.75 Å². The summed E-state index contributed by atoms with van der Waals surface area (Å²) in [6.45, 7) is 2.33. The highest BCUT2D eigenvalue weighted by molar-refractivity contribution is 7.92. The largest absolute Gasteiger partial charge is 0.494 e. The number of benzene rings is 3. The van der Waals surface area contributed by atoms with Crippen molar-refractivity contribution in [3.63, 3.8) is 0 Å². The first kappa shape index (κ1) is 23.1. The van der Waals surface area contributed by atoms with E-state index < -0.39 is 21.8 Å². The van der Waals surface area contributed by atoms with E-state index in [-0.39, 0.29) is 15.5 Å². The Hall–Kier alpha value is -3.56. The normalized spacial score (nSPS) is 10.8. The van der Waals surface area contributed by atoms with Crippen LogP contribution in [0, 0.1) is 0 Å². The lowest BCUT2D eigenvalue weighted by atomic mass is 10.2. The number of hydrazine groups is 1. The Labute approximate surface area is 190 Å². The molecule has 0 fully saturated rings. The van der Waals surface area contributed by atoms with Gasteiger partial charge >= 0.3 is 0 Å². The zero-order chi connectivity index (χ0) is 23.1. The van der Waals surface area contributed by atoms with Crippen LogP contribution in [0.1, 0.15) is 27.6 Å². The summed E-state index contributed by atoms with van der Waals surface area (Å²) in [6.07, 6.45) is 0. The van der Waals surface area contributed by atoms with Crippen molar-refractivity contribution in [3.8, 4) is 5.75 Å². The molecule has 2 amide bonds. The number of amides is 2. The van der Waals surface area contributed by atoms with E-state index in [0.29, 0.717) is 23.6 Å². The lowest BCUT2D eigenvalue weighted by Gasteiger charge is -2.12. The molecule has 0 unspecified atom stereocenters. The number of anilines is 1. The molecule has 0 aliphatic carbocycles. The van der Waals surface area contributed by atoms with Crippen molar-refractivity contribution in [1.29, 1.82) is 0 Å².